The Kier molecular flexibility index (Phi) is 7.20. The van der Waals surface area contributed by atoms with Gasteiger partial charge in [-0.25, -0.2) is 13.3 Å². The highest BCUT2D eigenvalue weighted by Crippen LogP contribution is 2.48. The van der Waals surface area contributed by atoms with Gasteiger partial charge in [-0.05, 0) is 92.1 Å². The summed E-state index contributed by atoms with van der Waals surface area (Å²) in [6.07, 6.45) is 9.40. The molecule has 2 aromatic heterocycles. The number of methoxy groups -OCH3 is 1. The van der Waals surface area contributed by atoms with Gasteiger partial charge in [-0.1, -0.05) is 19.3 Å². The Morgan fingerprint density at radius 1 is 1.00 bits per heavy atom. The van der Waals surface area contributed by atoms with Crippen molar-refractivity contribution in [3.05, 3.63) is 77.0 Å². The van der Waals surface area contributed by atoms with E-state index in [4.69, 9.17) is 4.74 Å². The van der Waals surface area contributed by atoms with E-state index in [1.54, 1.807) is 24.4 Å². The van der Waals surface area contributed by atoms with Crippen LogP contribution in [0.15, 0.2) is 48.7 Å². The van der Waals surface area contributed by atoms with Crippen molar-refractivity contribution < 1.29 is 23.1 Å². The Labute approximate surface area is 243 Å². The number of hydrogen-bond donors (Lipinski definition) is 2. The maximum atomic E-state index is 16.5. The highest BCUT2D eigenvalue weighted by Gasteiger charge is 2.50. The largest absolute Gasteiger partial charge is 0.496 e. The Balaban J connectivity index is 1.44. The summed E-state index contributed by atoms with van der Waals surface area (Å²) < 4.78 is 37.0. The number of carbonyl (C=O) groups excluding carboxylic acids is 2. The summed E-state index contributed by atoms with van der Waals surface area (Å²) in [4.78, 5) is 26.7. The van der Waals surface area contributed by atoms with Crippen LogP contribution in [0.5, 0.6) is 5.75 Å². The Bertz CT molecular complexity index is 1690. The SMILES string of the molecule is CNC(=O)c1c(-c2ccc(F)cc2)nn2ccc(-c3cc(C(=O)NC4(C5CCCCC5)CC4)c(OC)cc3C)c(F)c12. The molecule has 0 saturated heterocycles. The van der Waals surface area contributed by atoms with Crippen molar-refractivity contribution in [3.63, 3.8) is 0 Å². The van der Waals surface area contributed by atoms with E-state index >= 15 is 4.39 Å². The molecule has 0 atom stereocenters. The van der Waals surface area contributed by atoms with E-state index in [1.165, 1.54) is 62.2 Å². The molecule has 2 fully saturated rings. The first-order chi connectivity index (χ1) is 20.3. The van der Waals surface area contributed by atoms with Gasteiger partial charge < -0.3 is 15.4 Å². The molecule has 218 valence electrons. The zero-order valence-corrected chi connectivity index (χ0v) is 24.0. The molecule has 6 rings (SSSR count). The highest BCUT2D eigenvalue weighted by atomic mass is 19.1. The molecule has 0 bridgehead atoms. The number of halogens is 2. The van der Waals surface area contributed by atoms with Crippen LogP contribution in [-0.4, -0.2) is 41.1 Å². The predicted octanol–water partition coefficient (Wildman–Crippen LogP) is 6.47. The molecule has 42 heavy (non-hydrogen) atoms. The topological polar surface area (TPSA) is 84.7 Å². The van der Waals surface area contributed by atoms with E-state index < -0.39 is 17.5 Å². The number of aryl methyl sites for hydroxylation is 1. The first-order valence-corrected chi connectivity index (χ1v) is 14.5. The van der Waals surface area contributed by atoms with Gasteiger partial charge in [0.25, 0.3) is 11.8 Å². The fourth-order valence-corrected chi connectivity index (χ4v) is 6.49. The van der Waals surface area contributed by atoms with Crippen molar-refractivity contribution in [1.82, 2.24) is 20.2 Å². The van der Waals surface area contributed by atoms with Crippen LogP contribution in [0, 0.1) is 24.5 Å². The molecule has 0 aliphatic heterocycles. The number of amides is 2. The molecule has 2 N–H and O–H groups in total. The van der Waals surface area contributed by atoms with Gasteiger partial charge in [0.1, 0.15) is 22.8 Å². The normalized spacial score (nSPS) is 16.3. The van der Waals surface area contributed by atoms with Gasteiger partial charge in [0.2, 0.25) is 0 Å². The number of nitrogens with one attached hydrogen (secondary N) is 2. The first-order valence-electron chi connectivity index (χ1n) is 14.5. The quantitative estimate of drug-likeness (QED) is 0.266. The van der Waals surface area contributed by atoms with Crippen molar-refractivity contribution in [1.29, 1.82) is 0 Å². The van der Waals surface area contributed by atoms with Crippen molar-refractivity contribution in [2.24, 2.45) is 5.92 Å². The minimum absolute atomic E-state index is 0.0124. The van der Waals surface area contributed by atoms with E-state index in [9.17, 15) is 14.0 Å². The lowest BCUT2D eigenvalue weighted by Crippen LogP contribution is -2.43. The lowest BCUT2D eigenvalue weighted by Gasteiger charge is -2.31. The summed E-state index contributed by atoms with van der Waals surface area (Å²) >= 11 is 0. The second-order valence-electron chi connectivity index (χ2n) is 11.5. The Hall–Kier alpha value is -4.27. The van der Waals surface area contributed by atoms with Crippen LogP contribution in [0.2, 0.25) is 0 Å². The van der Waals surface area contributed by atoms with Crippen LogP contribution in [0.4, 0.5) is 8.78 Å². The summed E-state index contributed by atoms with van der Waals surface area (Å²) in [5.74, 6) is -0.943. The molecular weight excluding hydrogens is 538 g/mol. The van der Waals surface area contributed by atoms with Gasteiger partial charge in [-0.15, -0.1) is 0 Å². The summed E-state index contributed by atoms with van der Waals surface area (Å²) in [6, 6.07) is 10.5. The van der Waals surface area contributed by atoms with Gasteiger partial charge in [0.05, 0.1) is 18.2 Å². The summed E-state index contributed by atoms with van der Waals surface area (Å²) in [5.41, 5.74) is 2.34. The van der Waals surface area contributed by atoms with Crippen molar-refractivity contribution in [2.45, 2.75) is 57.4 Å². The maximum Gasteiger partial charge on any atom is 0.255 e. The molecular formula is C33H34F2N4O3. The first kappa shape index (κ1) is 27.9. The molecule has 0 radical (unpaired) electrons. The van der Waals surface area contributed by atoms with Gasteiger partial charge in [0, 0.05) is 29.9 Å². The average molecular weight is 573 g/mol. The molecule has 9 heteroatoms. The molecule has 2 aliphatic carbocycles. The summed E-state index contributed by atoms with van der Waals surface area (Å²) in [7, 11) is 2.98. The molecule has 0 unspecified atom stereocenters. The molecule has 2 aliphatic rings. The van der Waals surface area contributed by atoms with Crippen LogP contribution in [-0.2, 0) is 0 Å². The third kappa shape index (κ3) is 4.80. The van der Waals surface area contributed by atoms with Gasteiger partial charge in [-0.3, -0.25) is 9.59 Å². The minimum atomic E-state index is -0.655. The van der Waals surface area contributed by atoms with E-state index in [2.05, 4.69) is 15.7 Å². The van der Waals surface area contributed by atoms with Crippen LogP contribution in [0.1, 0.15) is 71.2 Å². The van der Waals surface area contributed by atoms with E-state index in [1.807, 2.05) is 6.92 Å². The van der Waals surface area contributed by atoms with Crippen LogP contribution in [0.3, 0.4) is 0 Å². The molecule has 7 nitrogen and oxygen atoms in total. The summed E-state index contributed by atoms with van der Waals surface area (Å²) in [5, 5.41) is 10.4. The van der Waals surface area contributed by atoms with E-state index in [0.717, 1.165) is 25.7 Å². The lowest BCUT2D eigenvalue weighted by molar-refractivity contribution is 0.0898. The number of nitrogens with zero attached hydrogens (tertiary/aromatic N) is 2. The number of fused-ring (bicyclic) bond motifs is 1. The number of aromatic nitrogens is 2. The second kappa shape index (κ2) is 10.9. The number of pyridine rings is 1. The van der Waals surface area contributed by atoms with Crippen molar-refractivity contribution >= 4 is 17.3 Å². The van der Waals surface area contributed by atoms with Crippen LogP contribution < -0.4 is 15.4 Å². The fraction of sp³-hybridized carbons (Fsp3) is 0.364. The van der Waals surface area contributed by atoms with Gasteiger partial charge in [-0.2, -0.15) is 5.10 Å². The third-order valence-electron chi connectivity index (χ3n) is 8.93. The zero-order chi connectivity index (χ0) is 29.6. The van der Waals surface area contributed by atoms with Crippen molar-refractivity contribution in [2.75, 3.05) is 14.2 Å². The monoisotopic (exact) mass is 572 g/mol. The zero-order valence-electron chi connectivity index (χ0n) is 24.0. The third-order valence-corrected chi connectivity index (χ3v) is 8.93. The van der Waals surface area contributed by atoms with Gasteiger partial charge >= 0.3 is 0 Å². The molecule has 2 saturated carbocycles. The highest BCUT2D eigenvalue weighted by molar-refractivity contribution is 6.07. The second-order valence-corrected chi connectivity index (χ2v) is 11.5. The number of carbonyl (C=O) groups is 2. The average Bonchev–Trinajstić information content (AvgIpc) is 3.68. The number of rotatable bonds is 7. The number of hydrogen-bond acceptors (Lipinski definition) is 4. The minimum Gasteiger partial charge on any atom is -0.496 e. The smallest absolute Gasteiger partial charge is 0.255 e. The Morgan fingerprint density at radius 2 is 1.71 bits per heavy atom. The van der Waals surface area contributed by atoms with Crippen LogP contribution >= 0.6 is 0 Å². The summed E-state index contributed by atoms with van der Waals surface area (Å²) in [6.45, 7) is 1.83. The molecule has 2 amide bonds. The van der Waals surface area contributed by atoms with E-state index in [0.29, 0.717) is 33.9 Å². The molecule has 4 aromatic rings. The van der Waals surface area contributed by atoms with E-state index in [-0.39, 0.29) is 33.8 Å². The lowest BCUT2D eigenvalue weighted by atomic mass is 9.82. The van der Waals surface area contributed by atoms with Crippen LogP contribution in [0.25, 0.3) is 27.9 Å². The fourth-order valence-electron chi connectivity index (χ4n) is 6.49. The standard InChI is InChI=1S/C33H34F2N4O3/c1-19-17-26(42-3)25(31(40)37-33(14-15-33)21-7-5-4-6-8-21)18-24(19)23-13-16-39-30(28(23)35)27(32(41)36-2)29(38-39)20-9-11-22(34)12-10-20/h9-13,16-18,21H,4-8,14-15H2,1-3H3,(H,36,41)(H,37,40). The predicted molar refractivity (Wildman–Crippen MR) is 157 cm³/mol. The number of ether oxygens (including phenoxy) is 1. The molecule has 2 heterocycles. The van der Waals surface area contributed by atoms with Crippen molar-refractivity contribution in [3.8, 4) is 28.1 Å². The van der Waals surface area contributed by atoms with Gasteiger partial charge in [0.15, 0.2) is 5.82 Å². The number of benzene rings is 2. The molecule has 2 aromatic carbocycles. The Morgan fingerprint density at radius 3 is 2.36 bits per heavy atom. The molecule has 0 spiro atoms. The maximum absolute atomic E-state index is 16.5.